The van der Waals surface area contributed by atoms with Crippen LogP contribution < -0.4 is 5.73 Å². The molecular formula is C13H12FN3O. The van der Waals surface area contributed by atoms with Gasteiger partial charge in [0.2, 0.25) is 0 Å². The summed E-state index contributed by atoms with van der Waals surface area (Å²) >= 11 is 0. The second-order valence-corrected chi connectivity index (χ2v) is 4.51. The van der Waals surface area contributed by atoms with E-state index in [1.807, 2.05) is 0 Å². The van der Waals surface area contributed by atoms with Crippen LogP contribution in [0, 0.1) is 5.82 Å². The molecule has 0 unspecified atom stereocenters. The predicted octanol–water partition coefficient (Wildman–Crippen LogP) is 2.45. The van der Waals surface area contributed by atoms with Crippen LogP contribution in [-0.2, 0) is 0 Å². The van der Waals surface area contributed by atoms with Crippen LogP contribution in [0.25, 0.3) is 11.4 Å². The van der Waals surface area contributed by atoms with Gasteiger partial charge in [0.1, 0.15) is 17.4 Å². The lowest BCUT2D eigenvalue weighted by Gasteiger charge is -2.05. The number of nitrogen functional groups attached to an aromatic ring is 1. The van der Waals surface area contributed by atoms with E-state index in [2.05, 4.69) is 9.97 Å². The Morgan fingerprint density at radius 1 is 1.17 bits per heavy atom. The van der Waals surface area contributed by atoms with Gasteiger partial charge in [0.05, 0.1) is 0 Å². The number of phenolic OH excluding ortho intramolecular Hbond substituents is 1. The Morgan fingerprint density at radius 2 is 1.94 bits per heavy atom. The maximum absolute atomic E-state index is 13.2. The van der Waals surface area contributed by atoms with Gasteiger partial charge in [-0.3, -0.25) is 0 Å². The monoisotopic (exact) mass is 245 g/mol. The van der Waals surface area contributed by atoms with Gasteiger partial charge < -0.3 is 10.8 Å². The molecule has 0 saturated heterocycles. The molecule has 1 aromatic heterocycles. The van der Waals surface area contributed by atoms with Gasteiger partial charge in [-0.2, -0.15) is 0 Å². The Kier molecular flexibility index (Phi) is 2.40. The summed E-state index contributed by atoms with van der Waals surface area (Å²) in [5.41, 5.74) is 7.05. The van der Waals surface area contributed by atoms with Crippen molar-refractivity contribution >= 4 is 5.82 Å². The van der Waals surface area contributed by atoms with Crippen molar-refractivity contribution in [2.75, 3.05) is 5.73 Å². The van der Waals surface area contributed by atoms with Crippen LogP contribution in [0.1, 0.15) is 24.5 Å². The number of nitrogens with two attached hydrogens (primary N) is 1. The zero-order chi connectivity index (χ0) is 12.7. The van der Waals surface area contributed by atoms with Gasteiger partial charge in [-0.25, -0.2) is 14.4 Å². The van der Waals surface area contributed by atoms with E-state index in [0.717, 1.165) is 24.6 Å². The number of phenols is 1. The van der Waals surface area contributed by atoms with Crippen LogP contribution in [0.2, 0.25) is 0 Å². The van der Waals surface area contributed by atoms with Crippen LogP contribution in [0.5, 0.6) is 5.75 Å². The third kappa shape index (κ3) is 2.11. The molecule has 18 heavy (non-hydrogen) atoms. The van der Waals surface area contributed by atoms with E-state index in [1.165, 1.54) is 12.1 Å². The first-order chi connectivity index (χ1) is 8.61. The lowest BCUT2D eigenvalue weighted by molar-refractivity contribution is 0.469. The number of rotatable bonds is 2. The summed E-state index contributed by atoms with van der Waals surface area (Å²) < 4.78 is 13.2. The topological polar surface area (TPSA) is 72.0 Å². The van der Waals surface area contributed by atoms with Gasteiger partial charge in [-0.05, 0) is 25.0 Å². The van der Waals surface area contributed by atoms with E-state index in [-0.39, 0.29) is 5.75 Å². The van der Waals surface area contributed by atoms with Crippen LogP contribution >= 0.6 is 0 Å². The first kappa shape index (κ1) is 11.0. The second kappa shape index (κ2) is 3.94. The number of anilines is 1. The fourth-order valence-corrected chi connectivity index (χ4v) is 1.91. The molecule has 1 fully saturated rings. The van der Waals surface area contributed by atoms with Crippen molar-refractivity contribution in [3.63, 3.8) is 0 Å². The van der Waals surface area contributed by atoms with Gasteiger partial charge >= 0.3 is 0 Å². The third-order valence-corrected chi connectivity index (χ3v) is 2.90. The lowest BCUT2D eigenvalue weighted by Crippen LogP contribution is -1.99. The van der Waals surface area contributed by atoms with Gasteiger partial charge in [-0.1, -0.05) is 0 Å². The minimum atomic E-state index is -0.524. The number of aromatic hydroxyl groups is 1. The largest absolute Gasteiger partial charge is 0.508 e. The molecule has 0 aliphatic heterocycles. The summed E-state index contributed by atoms with van der Waals surface area (Å²) in [5, 5.41) is 9.39. The summed E-state index contributed by atoms with van der Waals surface area (Å²) in [5.74, 6) is 0.488. The standard InChI is InChI=1S/C13H12FN3O/c14-9-3-8(4-10(18)5-9)13-16-11(7-1-2-7)6-12(15)17-13/h3-7,18H,1-2H2,(H2,15,16,17). The van der Waals surface area contributed by atoms with Gasteiger partial charge in [-0.15, -0.1) is 0 Å². The molecule has 0 amide bonds. The van der Waals surface area contributed by atoms with Crippen LogP contribution in [0.15, 0.2) is 24.3 Å². The maximum Gasteiger partial charge on any atom is 0.161 e. The van der Waals surface area contributed by atoms with Crippen LogP contribution in [0.3, 0.4) is 0 Å². The average molecular weight is 245 g/mol. The molecular weight excluding hydrogens is 233 g/mol. The quantitative estimate of drug-likeness (QED) is 0.852. The Labute approximate surface area is 103 Å². The van der Waals surface area contributed by atoms with Crippen LogP contribution in [-0.4, -0.2) is 15.1 Å². The number of nitrogens with zero attached hydrogens (tertiary/aromatic N) is 2. The van der Waals surface area contributed by atoms with E-state index in [1.54, 1.807) is 6.07 Å². The molecule has 5 heteroatoms. The number of benzene rings is 1. The van der Waals surface area contributed by atoms with Crippen molar-refractivity contribution in [1.29, 1.82) is 0 Å². The van der Waals surface area contributed by atoms with E-state index in [4.69, 9.17) is 5.73 Å². The van der Waals surface area contributed by atoms with Crippen molar-refractivity contribution in [3.05, 3.63) is 35.8 Å². The fourth-order valence-electron chi connectivity index (χ4n) is 1.91. The van der Waals surface area contributed by atoms with E-state index in [9.17, 15) is 9.50 Å². The minimum Gasteiger partial charge on any atom is -0.508 e. The zero-order valence-corrected chi connectivity index (χ0v) is 9.60. The Bertz CT molecular complexity index is 591. The molecule has 3 N–H and O–H groups in total. The molecule has 1 aliphatic carbocycles. The molecule has 1 aliphatic rings. The molecule has 0 atom stereocenters. The van der Waals surface area contributed by atoms with Crippen molar-refractivity contribution < 1.29 is 9.50 Å². The smallest absolute Gasteiger partial charge is 0.161 e. The average Bonchev–Trinajstić information content (AvgIpc) is 3.10. The summed E-state index contributed by atoms with van der Waals surface area (Å²) in [6.07, 6.45) is 2.20. The third-order valence-electron chi connectivity index (χ3n) is 2.90. The van der Waals surface area contributed by atoms with Crippen molar-refractivity contribution in [2.45, 2.75) is 18.8 Å². The molecule has 0 bridgehead atoms. The molecule has 2 aromatic rings. The van der Waals surface area contributed by atoms with E-state index < -0.39 is 5.82 Å². The molecule has 0 spiro atoms. The van der Waals surface area contributed by atoms with Crippen molar-refractivity contribution in [2.24, 2.45) is 0 Å². The fraction of sp³-hybridized carbons (Fsp3) is 0.231. The van der Waals surface area contributed by atoms with Crippen molar-refractivity contribution in [3.8, 4) is 17.1 Å². The summed E-state index contributed by atoms with van der Waals surface area (Å²) in [6.45, 7) is 0. The second-order valence-electron chi connectivity index (χ2n) is 4.51. The number of hydrogen-bond donors (Lipinski definition) is 2. The lowest BCUT2D eigenvalue weighted by atomic mass is 10.2. The zero-order valence-electron chi connectivity index (χ0n) is 9.60. The Morgan fingerprint density at radius 3 is 2.61 bits per heavy atom. The molecule has 0 radical (unpaired) electrons. The highest BCUT2D eigenvalue weighted by atomic mass is 19.1. The predicted molar refractivity (Wildman–Crippen MR) is 65.5 cm³/mol. The summed E-state index contributed by atoms with van der Waals surface area (Å²) in [7, 11) is 0. The summed E-state index contributed by atoms with van der Waals surface area (Å²) in [6, 6.07) is 5.50. The SMILES string of the molecule is Nc1cc(C2CC2)nc(-c2cc(O)cc(F)c2)n1. The highest BCUT2D eigenvalue weighted by molar-refractivity contribution is 5.59. The molecule has 1 aromatic carbocycles. The minimum absolute atomic E-state index is 0.149. The summed E-state index contributed by atoms with van der Waals surface area (Å²) in [4.78, 5) is 8.46. The van der Waals surface area contributed by atoms with E-state index in [0.29, 0.717) is 23.1 Å². The van der Waals surface area contributed by atoms with Crippen LogP contribution in [0.4, 0.5) is 10.2 Å². The number of halogens is 1. The highest BCUT2D eigenvalue weighted by Gasteiger charge is 2.26. The molecule has 1 saturated carbocycles. The molecule has 92 valence electrons. The first-order valence-corrected chi connectivity index (χ1v) is 5.76. The molecule has 3 rings (SSSR count). The highest BCUT2D eigenvalue weighted by Crippen LogP contribution is 2.40. The molecule has 4 nitrogen and oxygen atoms in total. The number of aromatic nitrogens is 2. The first-order valence-electron chi connectivity index (χ1n) is 5.76. The maximum atomic E-state index is 13.2. The van der Waals surface area contributed by atoms with E-state index >= 15 is 0 Å². The van der Waals surface area contributed by atoms with Gasteiger partial charge in [0, 0.05) is 29.3 Å². The Balaban J connectivity index is 2.09. The van der Waals surface area contributed by atoms with Gasteiger partial charge in [0.25, 0.3) is 0 Å². The number of hydrogen-bond acceptors (Lipinski definition) is 4. The van der Waals surface area contributed by atoms with Crippen molar-refractivity contribution in [1.82, 2.24) is 9.97 Å². The molecule has 1 heterocycles. The normalized spacial score (nSPS) is 14.7. The Hall–Kier alpha value is -2.17. The van der Waals surface area contributed by atoms with Gasteiger partial charge in [0.15, 0.2) is 5.82 Å².